The smallest absolute Gasteiger partial charge is 0.399 e. The van der Waals surface area contributed by atoms with Gasteiger partial charge in [-0.2, -0.15) is 18.4 Å². The topological polar surface area (TPSA) is 72.2 Å². The maximum atomic E-state index is 13.5. The van der Waals surface area contributed by atoms with E-state index in [-0.39, 0.29) is 22.4 Å². The van der Waals surface area contributed by atoms with Crippen LogP contribution in [0.3, 0.4) is 0 Å². The van der Waals surface area contributed by atoms with Gasteiger partial charge in [0.15, 0.2) is 0 Å². The average molecular weight is 442 g/mol. The molecule has 0 aliphatic carbocycles. The molecule has 0 bridgehead atoms. The minimum atomic E-state index is -4.65. The first-order valence-corrected chi connectivity index (χ1v) is 9.90. The van der Waals surface area contributed by atoms with Gasteiger partial charge in [-0.1, -0.05) is 12.1 Å². The first-order chi connectivity index (χ1) is 14.8. The van der Waals surface area contributed by atoms with Gasteiger partial charge in [-0.3, -0.25) is 9.78 Å². The highest BCUT2D eigenvalue weighted by atomic mass is 19.4. The monoisotopic (exact) mass is 442 g/mol. The largest absolute Gasteiger partial charge is 0.496 e. The molecule has 0 spiro atoms. The molecule has 1 saturated heterocycles. The Balaban J connectivity index is 2.05. The van der Waals surface area contributed by atoms with Crippen molar-refractivity contribution in [3.63, 3.8) is 0 Å². The Hall–Kier alpha value is -2.96. The molecule has 1 aromatic carbocycles. The second-order valence-corrected chi connectivity index (χ2v) is 8.61. The van der Waals surface area contributed by atoms with Crippen LogP contribution in [0.5, 0.6) is 0 Å². The number of aldehydes is 1. The Morgan fingerprint density at radius 2 is 1.72 bits per heavy atom. The third-order valence-corrected chi connectivity index (χ3v) is 5.92. The fourth-order valence-electron chi connectivity index (χ4n) is 3.33. The number of carbonyl (C=O) groups excluding carboxylic acids is 1. The van der Waals surface area contributed by atoms with Crippen LogP contribution in [0.1, 0.15) is 66.0 Å². The lowest BCUT2D eigenvalue weighted by Crippen LogP contribution is -2.41. The van der Waals surface area contributed by atoms with E-state index in [0.717, 1.165) is 6.07 Å². The van der Waals surface area contributed by atoms with Crippen molar-refractivity contribution in [1.29, 1.82) is 5.26 Å². The van der Waals surface area contributed by atoms with Gasteiger partial charge in [-0.25, -0.2) is 0 Å². The molecule has 2 heterocycles. The molecular weight excluding hydrogens is 420 g/mol. The Morgan fingerprint density at radius 3 is 2.25 bits per heavy atom. The summed E-state index contributed by atoms with van der Waals surface area (Å²) in [6, 6.07) is 5.77. The molecule has 0 atom stereocenters. The number of alkyl halides is 3. The van der Waals surface area contributed by atoms with Crippen molar-refractivity contribution >= 4 is 31.0 Å². The van der Waals surface area contributed by atoms with E-state index in [4.69, 9.17) is 9.31 Å². The summed E-state index contributed by atoms with van der Waals surface area (Å²) in [6.45, 7) is 9.07. The maximum Gasteiger partial charge on any atom is 0.496 e. The second-order valence-electron chi connectivity index (χ2n) is 8.61. The summed E-state index contributed by atoms with van der Waals surface area (Å²) >= 11 is 0. The fraction of sp³-hybridized carbons (Fsp3) is 0.348. The Kier molecular flexibility index (Phi) is 6.07. The average Bonchev–Trinajstić information content (AvgIpc) is 2.92. The first kappa shape index (κ1) is 23.7. The molecule has 0 amide bonds. The van der Waals surface area contributed by atoms with Crippen molar-refractivity contribution < 1.29 is 27.3 Å². The number of carbonyl (C=O) groups is 1. The van der Waals surface area contributed by atoms with Crippen molar-refractivity contribution in [3.8, 4) is 6.07 Å². The number of halogens is 3. The number of rotatable bonds is 4. The van der Waals surface area contributed by atoms with Crippen LogP contribution in [-0.4, -0.2) is 29.6 Å². The summed E-state index contributed by atoms with van der Waals surface area (Å²) in [5, 5.41) is 9.76. The van der Waals surface area contributed by atoms with Crippen LogP contribution in [0, 0.1) is 18.3 Å². The van der Waals surface area contributed by atoms with Crippen LogP contribution in [-0.2, 0) is 15.5 Å². The molecule has 1 aliphatic rings. The Labute approximate surface area is 185 Å². The van der Waals surface area contributed by atoms with Crippen LogP contribution in [0.4, 0.5) is 13.2 Å². The summed E-state index contributed by atoms with van der Waals surface area (Å²) in [7, 11) is -0.815. The molecule has 0 N–H and O–H groups in total. The second kappa shape index (κ2) is 8.19. The highest BCUT2D eigenvalue weighted by molar-refractivity contribution is 6.63. The van der Waals surface area contributed by atoms with E-state index >= 15 is 0 Å². The highest BCUT2D eigenvalue weighted by Gasteiger charge is 2.52. The molecule has 9 heteroatoms. The van der Waals surface area contributed by atoms with Gasteiger partial charge in [-0.05, 0) is 64.0 Å². The van der Waals surface area contributed by atoms with Gasteiger partial charge in [-0.15, -0.1) is 0 Å². The molecule has 5 nitrogen and oxygen atoms in total. The molecule has 166 valence electrons. The Bertz CT molecular complexity index is 1120. The lowest BCUT2D eigenvalue weighted by molar-refractivity contribution is -0.137. The normalized spacial score (nSPS) is 17.5. The number of nitriles is 1. The first-order valence-electron chi connectivity index (χ1n) is 9.90. The van der Waals surface area contributed by atoms with Gasteiger partial charge in [0, 0.05) is 17.2 Å². The van der Waals surface area contributed by atoms with Gasteiger partial charge in [0.2, 0.25) is 0 Å². The third kappa shape index (κ3) is 4.34. The van der Waals surface area contributed by atoms with Crippen LogP contribution in [0.2, 0.25) is 0 Å². The van der Waals surface area contributed by atoms with Gasteiger partial charge in [0.25, 0.3) is 0 Å². The van der Waals surface area contributed by atoms with Crippen LogP contribution >= 0.6 is 0 Å². The van der Waals surface area contributed by atoms with Crippen LogP contribution in [0.25, 0.3) is 12.2 Å². The standard InChI is InChI=1S/C23H22BF3N2O3/c1-14-10-15(18(23(25,26)27)11-16(14)13-30)6-7-20-17(12-28)19(8-9-29-20)24-31-21(2,3)22(4,5)32-24/h6-11,13H,1-5H3/b7-6+. The zero-order valence-corrected chi connectivity index (χ0v) is 18.4. The molecular formula is C23H22BF3N2O3. The summed E-state index contributed by atoms with van der Waals surface area (Å²) in [5.74, 6) is 0. The van der Waals surface area contributed by atoms with E-state index < -0.39 is 30.1 Å². The minimum Gasteiger partial charge on any atom is -0.399 e. The van der Waals surface area contributed by atoms with E-state index in [0.29, 0.717) is 17.3 Å². The summed E-state index contributed by atoms with van der Waals surface area (Å²) in [6.07, 6.45) is -0.228. The van der Waals surface area contributed by atoms with E-state index in [9.17, 15) is 23.2 Å². The minimum absolute atomic E-state index is 0.0342. The number of aryl methyl sites for hydroxylation is 1. The van der Waals surface area contributed by atoms with E-state index in [1.54, 1.807) is 13.0 Å². The molecule has 1 aliphatic heterocycles. The molecule has 1 aromatic heterocycles. The maximum absolute atomic E-state index is 13.5. The number of hydrogen-bond acceptors (Lipinski definition) is 5. The summed E-state index contributed by atoms with van der Waals surface area (Å²) < 4.78 is 52.6. The third-order valence-electron chi connectivity index (χ3n) is 5.92. The molecule has 0 saturated carbocycles. The molecule has 3 rings (SSSR count). The van der Waals surface area contributed by atoms with E-state index in [1.807, 2.05) is 27.7 Å². The Morgan fingerprint density at radius 1 is 1.09 bits per heavy atom. The molecule has 2 aromatic rings. The quantitative estimate of drug-likeness (QED) is 0.513. The van der Waals surface area contributed by atoms with Gasteiger partial charge >= 0.3 is 13.3 Å². The lowest BCUT2D eigenvalue weighted by atomic mass is 9.76. The van der Waals surface area contributed by atoms with E-state index in [2.05, 4.69) is 11.1 Å². The number of nitrogens with zero attached hydrogens (tertiary/aromatic N) is 2. The molecule has 0 unspecified atom stereocenters. The van der Waals surface area contributed by atoms with Gasteiger partial charge in [0.05, 0.1) is 28.0 Å². The van der Waals surface area contributed by atoms with Crippen LogP contribution in [0.15, 0.2) is 24.4 Å². The predicted octanol–water partition coefficient (Wildman–Crippen LogP) is 4.56. The van der Waals surface area contributed by atoms with Crippen molar-refractivity contribution in [2.75, 3.05) is 0 Å². The van der Waals surface area contributed by atoms with Gasteiger partial charge in [0.1, 0.15) is 12.4 Å². The number of pyridine rings is 1. The van der Waals surface area contributed by atoms with Crippen LogP contribution < -0.4 is 5.46 Å². The van der Waals surface area contributed by atoms with Crippen molar-refractivity contribution in [2.24, 2.45) is 0 Å². The summed E-state index contributed by atoms with van der Waals surface area (Å²) in [4.78, 5) is 15.2. The zero-order chi connectivity index (χ0) is 23.9. The van der Waals surface area contributed by atoms with E-state index in [1.165, 1.54) is 24.4 Å². The number of hydrogen-bond donors (Lipinski definition) is 0. The zero-order valence-electron chi connectivity index (χ0n) is 18.4. The fourth-order valence-corrected chi connectivity index (χ4v) is 3.33. The number of benzene rings is 1. The number of aromatic nitrogens is 1. The van der Waals surface area contributed by atoms with Crippen molar-refractivity contribution in [2.45, 2.75) is 52.0 Å². The lowest BCUT2D eigenvalue weighted by Gasteiger charge is -2.32. The predicted molar refractivity (Wildman–Crippen MR) is 115 cm³/mol. The highest BCUT2D eigenvalue weighted by Crippen LogP contribution is 2.37. The molecule has 1 fully saturated rings. The van der Waals surface area contributed by atoms with Gasteiger partial charge < -0.3 is 9.31 Å². The van der Waals surface area contributed by atoms with Crippen molar-refractivity contribution in [1.82, 2.24) is 4.98 Å². The molecule has 0 radical (unpaired) electrons. The summed E-state index contributed by atoms with van der Waals surface area (Å²) in [5.41, 5.74) is -1.16. The SMILES string of the molecule is Cc1cc(/C=C/c2nccc(B3OC(C)(C)C(C)(C)O3)c2C#N)c(C(F)(F)F)cc1C=O. The molecule has 32 heavy (non-hydrogen) atoms. The van der Waals surface area contributed by atoms with Crippen molar-refractivity contribution in [3.05, 3.63) is 57.9 Å².